The average Bonchev–Trinajstić information content (AvgIpc) is 2.62. The highest BCUT2D eigenvalue weighted by Crippen LogP contribution is 2.23. The van der Waals surface area contributed by atoms with Gasteiger partial charge in [-0.15, -0.1) is 16.7 Å². The molecule has 0 aliphatic heterocycles. The van der Waals surface area contributed by atoms with Crippen molar-refractivity contribution >= 4 is 17.5 Å². The van der Waals surface area contributed by atoms with E-state index in [0.29, 0.717) is 17.0 Å². The van der Waals surface area contributed by atoms with Crippen molar-refractivity contribution in [1.82, 2.24) is 9.78 Å². The van der Waals surface area contributed by atoms with Gasteiger partial charge in [-0.05, 0) is 6.42 Å². The molecule has 90 valence electrons. The molecule has 1 aromatic heterocycles. The number of carbonyl (C=O) groups excluding carboxylic acids is 1. The van der Waals surface area contributed by atoms with E-state index in [0.717, 1.165) is 13.0 Å². The Balaban J connectivity index is 2.80. The number of ether oxygens (including phenoxy) is 1. The normalized spacial score (nSPS) is 10.8. The third-order valence-corrected chi connectivity index (χ3v) is 2.03. The third-order valence-electron chi connectivity index (χ3n) is 1.76. The Hall–Kier alpha value is -1.17. The van der Waals surface area contributed by atoms with Crippen molar-refractivity contribution in [2.45, 2.75) is 19.8 Å². The lowest BCUT2D eigenvalue weighted by Crippen LogP contribution is -2.11. The van der Waals surface area contributed by atoms with Gasteiger partial charge in [0, 0.05) is 18.9 Å². The second kappa shape index (κ2) is 5.79. The van der Waals surface area contributed by atoms with E-state index < -0.39 is 18.0 Å². The predicted molar refractivity (Wildman–Crippen MR) is 54.3 cm³/mol. The van der Waals surface area contributed by atoms with Gasteiger partial charge in [-0.3, -0.25) is 4.79 Å². The highest BCUT2D eigenvalue weighted by molar-refractivity contribution is 6.17. The Morgan fingerprint density at radius 2 is 2.38 bits per heavy atom. The Morgan fingerprint density at radius 3 is 2.81 bits per heavy atom. The van der Waals surface area contributed by atoms with Crippen LogP contribution in [0, 0.1) is 0 Å². The van der Waals surface area contributed by atoms with Crippen molar-refractivity contribution in [3.8, 4) is 5.88 Å². The van der Waals surface area contributed by atoms with Crippen molar-refractivity contribution in [3.63, 3.8) is 0 Å². The smallest absolute Gasteiger partial charge is 0.280 e. The predicted octanol–water partition coefficient (Wildman–Crippen LogP) is 2.49. The fourth-order valence-corrected chi connectivity index (χ4v) is 1.19. The van der Waals surface area contributed by atoms with Gasteiger partial charge < -0.3 is 4.74 Å². The van der Waals surface area contributed by atoms with Crippen LogP contribution in [0.25, 0.3) is 0 Å². The van der Waals surface area contributed by atoms with Crippen molar-refractivity contribution in [2.24, 2.45) is 0 Å². The van der Waals surface area contributed by atoms with E-state index in [-0.39, 0.29) is 12.5 Å². The Labute approximate surface area is 96.1 Å². The fraction of sp³-hybridized carbons (Fsp3) is 0.556. The zero-order chi connectivity index (χ0) is 12.1. The minimum Gasteiger partial charge on any atom is -0.477 e. The van der Waals surface area contributed by atoms with Gasteiger partial charge in [0.15, 0.2) is 0 Å². The molecule has 0 amide bonds. The van der Waals surface area contributed by atoms with Crippen LogP contribution in [-0.4, -0.2) is 28.2 Å². The minimum atomic E-state index is -2.76. The van der Waals surface area contributed by atoms with Gasteiger partial charge in [0.1, 0.15) is 5.69 Å². The maximum Gasteiger partial charge on any atom is 0.280 e. The summed E-state index contributed by atoms with van der Waals surface area (Å²) in [6.07, 6.45) is -2.18. The topological polar surface area (TPSA) is 44.1 Å². The van der Waals surface area contributed by atoms with E-state index >= 15 is 0 Å². The summed E-state index contributed by atoms with van der Waals surface area (Å²) >= 11 is 5.43. The number of aromatic nitrogens is 2. The molecule has 0 spiro atoms. The minimum absolute atomic E-state index is 0.00983. The maximum atomic E-state index is 12.5. The quantitative estimate of drug-likeness (QED) is 0.597. The second-order valence-corrected chi connectivity index (χ2v) is 3.41. The Kier molecular flexibility index (Phi) is 4.67. The molecule has 0 aromatic carbocycles. The molecule has 0 N–H and O–H groups in total. The molecule has 1 aromatic rings. The average molecular weight is 253 g/mol. The molecule has 0 aliphatic rings. The molecule has 0 atom stereocenters. The molecule has 7 heteroatoms. The van der Waals surface area contributed by atoms with Crippen LogP contribution in [0.1, 0.15) is 30.3 Å². The van der Waals surface area contributed by atoms with Crippen LogP contribution < -0.4 is 4.74 Å². The van der Waals surface area contributed by atoms with Gasteiger partial charge in [-0.25, -0.2) is 8.78 Å². The molecule has 1 rings (SSSR count). The van der Waals surface area contributed by atoms with Gasteiger partial charge in [-0.2, -0.15) is 4.68 Å². The molecule has 0 saturated heterocycles. The zero-order valence-corrected chi connectivity index (χ0v) is 9.38. The summed E-state index contributed by atoms with van der Waals surface area (Å²) in [6.45, 7) is 1.43. The van der Waals surface area contributed by atoms with Gasteiger partial charge in [0.2, 0.25) is 11.8 Å². The number of carbonyl (C=O) groups is 1. The molecule has 1 heterocycles. The SMILES string of the molecule is CC(=O)n1nc(OCCCCl)cc1C(F)F. The largest absolute Gasteiger partial charge is 0.477 e. The van der Waals surface area contributed by atoms with Crippen LogP contribution in [-0.2, 0) is 0 Å². The molecule has 0 radical (unpaired) electrons. The molecule has 0 bridgehead atoms. The van der Waals surface area contributed by atoms with Crippen LogP contribution >= 0.6 is 11.6 Å². The summed E-state index contributed by atoms with van der Waals surface area (Å²) < 4.78 is 30.7. The van der Waals surface area contributed by atoms with Gasteiger partial charge in [0.05, 0.1) is 6.61 Å². The molecule has 0 unspecified atom stereocenters. The zero-order valence-electron chi connectivity index (χ0n) is 8.62. The number of hydrogen-bond donors (Lipinski definition) is 0. The highest BCUT2D eigenvalue weighted by atomic mass is 35.5. The number of rotatable bonds is 5. The molecule has 0 aliphatic carbocycles. The van der Waals surface area contributed by atoms with E-state index in [9.17, 15) is 13.6 Å². The molecular formula is C9H11ClF2N2O2. The monoisotopic (exact) mass is 252 g/mol. The number of nitrogens with zero attached hydrogens (tertiary/aromatic N) is 2. The number of halogens is 3. The van der Waals surface area contributed by atoms with E-state index in [1.54, 1.807) is 0 Å². The van der Waals surface area contributed by atoms with Crippen LogP contribution in [0.2, 0.25) is 0 Å². The lowest BCUT2D eigenvalue weighted by atomic mass is 10.4. The Bertz CT molecular complexity index is 368. The molecular weight excluding hydrogens is 242 g/mol. The highest BCUT2D eigenvalue weighted by Gasteiger charge is 2.19. The number of hydrogen-bond acceptors (Lipinski definition) is 3. The summed E-state index contributed by atoms with van der Waals surface area (Å²) in [5.74, 6) is -0.159. The van der Waals surface area contributed by atoms with Crippen LogP contribution in [0.4, 0.5) is 8.78 Å². The summed E-state index contributed by atoms with van der Waals surface area (Å²) in [4.78, 5) is 11.0. The Morgan fingerprint density at radius 1 is 1.69 bits per heavy atom. The summed E-state index contributed by atoms with van der Waals surface area (Å²) in [5, 5.41) is 3.62. The van der Waals surface area contributed by atoms with Crippen molar-refractivity contribution in [3.05, 3.63) is 11.8 Å². The lowest BCUT2D eigenvalue weighted by molar-refractivity contribution is 0.0874. The van der Waals surface area contributed by atoms with Crippen molar-refractivity contribution in [1.29, 1.82) is 0 Å². The number of alkyl halides is 3. The van der Waals surface area contributed by atoms with Crippen LogP contribution in [0.15, 0.2) is 6.07 Å². The summed E-state index contributed by atoms with van der Waals surface area (Å²) in [6, 6.07) is 1.06. The van der Waals surface area contributed by atoms with Crippen molar-refractivity contribution in [2.75, 3.05) is 12.5 Å². The van der Waals surface area contributed by atoms with E-state index in [4.69, 9.17) is 16.3 Å². The van der Waals surface area contributed by atoms with Crippen LogP contribution in [0.3, 0.4) is 0 Å². The standard InChI is InChI=1S/C9H11ClF2N2O2/c1-6(15)14-7(9(11)12)5-8(13-14)16-4-2-3-10/h5,9H,2-4H2,1H3. The first-order chi connectivity index (χ1) is 7.56. The first-order valence-electron chi connectivity index (χ1n) is 4.64. The van der Waals surface area contributed by atoms with Crippen molar-refractivity contribution < 1.29 is 18.3 Å². The van der Waals surface area contributed by atoms with Gasteiger partial charge in [0.25, 0.3) is 6.43 Å². The molecule has 4 nitrogen and oxygen atoms in total. The van der Waals surface area contributed by atoms with E-state index in [2.05, 4.69) is 5.10 Å². The molecule has 0 fully saturated rings. The fourth-order valence-electron chi connectivity index (χ4n) is 1.08. The van der Waals surface area contributed by atoms with Gasteiger partial charge >= 0.3 is 0 Å². The second-order valence-electron chi connectivity index (χ2n) is 3.03. The lowest BCUT2D eigenvalue weighted by Gasteiger charge is -2.00. The summed E-state index contributed by atoms with van der Waals surface area (Å²) in [5.41, 5.74) is -0.464. The van der Waals surface area contributed by atoms with E-state index in [1.807, 2.05) is 0 Å². The third kappa shape index (κ3) is 3.16. The molecule has 16 heavy (non-hydrogen) atoms. The van der Waals surface area contributed by atoms with Gasteiger partial charge in [-0.1, -0.05) is 0 Å². The van der Waals surface area contributed by atoms with E-state index in [1.165, 1.54) is 0 Å². The first-order valence-corrected chi connectivity index (χ1v) is 5.17. The molecule has 0 saturated carbocycles. The maximum absolute atomic E-state index is 12.5. The van der Waals surface area contributed by atoms with Crippen LogP contribution in [0.5, 0.6) is 5.88 Å². The summed E-state index contributed by atoms with van der Waals surface area (Å²) in [7, 11) is 0. The first kappa shape index (κ1) is 12.9.